The molecule has 32 heavy (non-hydrogen) atoms. The SMILES string of the molecule is CN(C)C(=O)c1cccc(CN2C(=N)NC(c3ccccc3)(c3ccc(Br)cc3)C2=O)c1. The minimum atomic E-state index is -1.20. The number of nitrogens with zero attached hydrogens (tertiary/aromatic N) is 2. The molecule has 0 radical (unpaired) electrons. The van der Waals surface area contributed by atoms with Gasteiger partial charge in [0.25, 0.3) is 11.8 Å². The molecule has 2 amide bonds. The van der Waals surface area contributed by atoms with Crippen LogP contribution in [0.3, 0.4) is 0 Å². The molecular weight excluding hydrogens is 468 g/mol. The standard InChI is InChI=1S/C25H23BrN4O2/c1-29(2)22(31)18-8-6-7-17(15-18)16-30-23(32)25(28-24(30)27,19-9-4-3-5-10-19)20-11-13-21(26)14-12-20/h3-15H,16H2,1-2H3,(H2,27,28). The van der Waals surface area contributed by atoms with Crippen LogP contribution in [0.5, 0.6) is 0 Å². The molecule has 1 aliphatic rings. The van der Waals surface area contributed by atoms with E-state index in [1.54, 1.807) is 32.3 Å². The molecule has 3 aromatic carbocycles. The summed E-state index contributed by atoms with van der Waals surface area (Å²) in [6.07, 6.45) is 0. The third kappa shape index (κ3) is 3.80. The van der Waals surface area contributed by atoms with E-state index in [0.717, 1.165) is 21.2 Å². The summed E-state index contributed by atoms with van der Waals surface area (Å²) in [6.45, 7) is 0.185. The van der Waals surface area contributed by atoms with E-state index in [1.807, 2.05) is 60.7 Å². The highest BCUT2D eigenvalue weighted by Crippen LogP contribution is 2.37. The van der Waals surface area contributed by atoms with Gasteiger partial charge in [0, 0.05) is 24.1 Å². The number of guanidine groups is 1. The van der Waals surface area contributed by atoms with Crippen LogP contribution in [0.25, 0.3) is 0 Å². The van der Waals surface area contributed by atoms with E-state index in [9.17, 15) is 9.59 Å². The van der Waals surface area contributed by atoms with E-state index in [0.29, 0.717) is 5.56 Å². The molecule has 162 valence electrons. The summed E-state index contributed by atoms with van der Waals surface area (Å²) in [5, 5.41) is 11.8. The van der Waals surface area contributed by atoms with Gasteiger partial charge in [-0.15, -0.1) is 0 Å². The van der Waals surface area contributed by atoms with Gasteiger partial charge in [-0.05, 0) is 41.0 Å². The maximum absolute atomic E-state index is 13.9. The number of halogens is 1. The molecule has 2 N–H and O–H groups in total. The first-order chi connectivity index (χ1) is 15.3. The third-order valence-corrected chi connectivity index (χ3v) is 6.08. The lowest BCUT2D eigenvalue weighted by atomic mass is 9.82. The summed E-state index contributed by atoms with van der Waals surface area (Å²) in [4.78, 5) is 29.2. The zero-order valence-electron chi connectivity index (χ0n) is 17.8. The van der Waals surface area contributed by atoms with E-state index in [1.165, 1.54) is 9.80 Å². The third-order valence-electron chi connectivity index (χ3n) is 5.55. The van der Waals surface area contributed by atoms with Crippen molar-refractivity contribution in [3.63, 3.8) is 0 Å². The summed E-state index contributed by atoms with van der Waals surface area (Å²) in [6, 6.07) is 24.1. The van der Waals surface area contributed by atoms with Gasteiger partial charge in [-0.2, -0.15) is 0 Å². The topological polar surface area (TPSA) is 76.5 Å². The monoisotopic (exact) mass is 490 g/mol. The molecule has 4 rings (SSSR count). The Morgan fingerprint density at radius 3 is 2.31 bits per heavy atom. The van der Waals surface area contributed by atoms with Gasteiger partial charge in [0.15, 0.2) is 11.5 Å². The van der Waals surface area contributed by atoms with E-state index < -0.39 is 5.54 Å². The van der Waals surface area contributed by atoms with Crippen LogP contribution in [0.4, 0.5) is 0 Å². The Bertz CT molecular complexity index is 1180. The molecule has 1 aliphatic heterocycles. The molecule has 7 heteroatoms. The van der Waals surface area contributed by atoms with Crippen molar-refractivity contribution in [3.8, 4) is 0 Å². The molecular formula is C25H23BrN4O2. The summed E-state index contributed by atoms with van der Waals surface area (Å²) >= 11 is 3.45. The van der Waals surface area contributed by atoms with E-state index in [-0.39, 0.29) is 24.3 Å². The van der Waals surface area contributed by atoms with Gasteiger partial charge in [0.1, 0.15) is 0 Å². The number of amides is 2. The fourth-order valence-corrected chi connectivity index (χ4v) is 4.21. The van der Waals surface area contributed by atoms with Crippen LogP contribution in [-0.4, -0.2) is 41.7 Å². The van der Waals surface area contributed by atoms with Gasteiger partial charge in [-0.1, -0.05) is 70.5 Å². The first-order valence-electron chi connectivity index (χ1n) is 10.1. The van der Waals surface area contributed by atoms with Gasteiger partial charge in [0.2, 0.25) is 0 Å². The van der Waals surface area contributed by atoms with Crippen molar-refractivity contribution < 1.29 is 9.59 Å². The maximum atomic E-state index is 13.9. The highest BCUT2D eigenvalue weighted by atomic mass is 79.9. The molecule has 3 aromatic rings. The lowest BCUT2D eigenvalue weighted by molar-refractivity contribution is -0.130. The number of nitrogens with one attached hydrogen (secondary N) is 2. The normalized spacial score (nSPS) is 17.9. The van der Waals surface area contributed by atoms with Crippen molar-refractivity contribution >= 4 is 33.7 Å². The van der Waals surface area contributed by atoms with E-state index >= 15 is 0 Å². The van der Waals surface area contributed by atoms with E-state index in [4.69, 9.17) is 5.41 Å². The van der Waals surface area contributed by atoms with Crippen LogP contribution >= 0.6 is 15.9 Å². The van der Waals surface area contributed by atoms with Crippen LogP contribution in [0.1, 0.15) is 27.0 Å². The van der Waals surface area contributed by atoms with Crippen LogP contribution in [0.2, 0.25) is 0 Å². The van der Waals surface area contributed by atoms with Gasteiger partial charge < -0.3 is 10.2 Å². The highest BCUT2D eigenvalue weighted by Gasteiger charge is 2.52. The zero-order valence-corrected chi connectivity index (χ0v) is 19.4. The first kappa shape index (κ1) is 21.8. The summed E-state index contributed by atoms with van der Waals surface area (Å²) < 4.78 is 0.907. The largest absolute Gasteiger partial charge is 0.345 e. The van der Waals surface area contributed by atoms with Crippen molar-refractivity contribution in [1.29, 1.82) is 5.41 Å². The minimum Gasteiger partial charge on any atom is -0.345 e. The lowest BCUT2D eigenvalue weighted by Crippen LogP contribution is -2.45. The average Bonchev–Trinajstić information content (AvgIpc) is 3.05. The number of benzene rings is 3. The van der Waals surface area contributed by atoms with Crippen LogP contribution in [0.15, 0.2) is 83.3 Å². The number of rotatable bonds is 5. The second-order valence-electron chi connectivity index (χ2n) is 7.89. The number of hydrogen-bond acceptors (Lipinski definition) is 3. The Hall–Kier alpha value is -3.45. The van der Waals surface area contributed by atoms with Crippen molar-refractivity contribution in [2.75, 3.05) is 14.1 Å². The molecule has 0 aliphatic carbocycles. The molecule has 0 aromatic heterocycles. The average molecular weight is 491 g/mol. The van der Waals surface area contributed by atoms with Crippen LogP contribution in [0, 0.1) is 5.41 Å². The lowest BCUT2D eigenvalue weighted by Gasteiger charge is -2.28. The Kier molecular flexibility index (Phi) is 5.84. The predicted octanol–water partition coefficient (Wildman–Crippen LogP) is 3.96. The summed E-state index contributed by atoms with van der Waals surface area (Å²) in [5.41, 5.74) is 1.63. The molecule has 1 unspecified atom stereocenters. The minimum absolute atomic E-state index is 0.0195. The Balaban J connectivity index is 1.73. The first-order valence-corrected chi connectivity index (χ1v) is 10.9. The molecule has 6 nitrogen and oxygen atoms in total. The maximum Gasteiger partial charge on any atom is 0.264 e. The molecule has 1 heterocycles. The number of carbonyl (C=O) groups is 2. The number of carbonyl (C=O) groups excluding carboxylic acids is 2. The summed E-state index contributed by atoms with van der Waals surface area (Å²) in [5.74, 6) is -0.326. The van der Waals surface area contributed by atoms with Crippen LogP contribution < -0.4 is 5.32 Å². The second-order valence-corrected chi connectivity index (χ2v) is 8.80. The quantitative estimate of drug-likeness (QED) is 0.568. The molecule has 1 fully saturated rings. The Morgan fingerprint density at radius 2 is 1.66 bits per heavy atom. The van der Waals surface area contributed by atoms with Crippen molar-refractivity contribution in [2.45, 2.75) is 12.1 Å². The summed E-state index contributed by atoms with van der Waals surface area (Å²) in [7, 11) is 3.40. The predicted molar refractivity (Wildman–Crippen MR) is 127 cm³/mol. The molecule has 0 spiro atoms. The van der Waals surface area contributed by atoms with Crippen LogP contribution in [-0.2, 0) is 16.9 Å². The van der Waals surface area contributed by atoms with Crippen molar-refractivity contribution in [1.82, 2.24) is 15.1 Å². The van der Waals surface area contributed by atoms with Crippen molar-refractivity contribution in [2.24, 2.45) is 0 Å². The van der Waals surface area contributed by atoms with E-state index in [2.05, 4.69) is 21.2 Å². The molecule has 1 atom stereocenters. The highest BCUT2D eigenvalue weighted by molar-refractivity contribution is 9.10. The van der Waals surface area contributed by atoms with Crippen molar-refractivity contribution in [3.05, 3.63) is 106 Å². The fourth-order valence-electron chi connectivity index (χ4n) is 3.94. The smallest absolute Gasteiger partial charge is 0.264 e. The molecule has 1 saturated heterocycles. The van der Waals surface area contributed by atoms with Gasteiger partial charge >= 0.3 is 0 Å². The van der Waals surface area contributed by atoms with Gasteiger partial charge in [-0.25, -0.2) is 0 Å². The van der Waals surface area contributed by atoms with Gasteiger partial charge in [-0.3, -0.25) is 19.9 Å². The van der Waals surface area contributed by atoms with Gasteiger partial charge in [0.05, 0.1) is 6.54 Å². The number of hydrogen-bond donors (Lipinski definition) is 2. The zero-order chi connectivity index (χ0) is 22.9. The Labute approximate surface area is 195 Å². The molecule has 0 bridgehead atoms. The molecule has 0 saturated carbocycles. The second kappa shape index (κ2) is 8.59. The fraction of sp³-hybridized carbons (Fsp3) is 0.160. The Morgan fingerprint density at radius 1 is 1.00 bits per heavy atom.